The molecule has 29 heavy (non-hydrogen) atoms. The van der Waals surface area contributed by atoms with Crippen molar-refractivity contribution in [1.82, 2.24) is 9.88 Å². The van der Waals surface area contributed by atoms with Crippen molar-refractivity contribution >= 4 is 5.69 Å². The molecule has 5 atom stereocenters. The minimum atomic E-state index is -1.00. The number of hydrogen-bond acceptors (Lipinski definition) is 6. The molecule has 3 heterocycles. The van der Waals surface area contributed by atoms with Gasteiger partial charge in [0.15, 0.2) is 0 Å². The summed E-state index contributed by atoms with van der Waals surface area (Å²) in [5.74, 6) is 0.0235. The first kappa shape index (κ1) is 19.0. The topological polar surface area (TPSA) is 69.1 Å². The van der Waals surface area contributed by atoms with Crippen LogP contribution in [0.15, 0.2) is 54.7 Å². The summed E-state index contributed by atoms with van der Waals surface area (Å²) in [5.41, 5.74) is 1.14. The molecule has 0 spiro atoms. The lowest BCUT2D eigenvalue weighted by Gasteiger charge is -2.47. The van der Waals surface area contributed by atoms with Crippen LogP contribution in [0.1, 0.15) is 24.6 Å². The van der Waals surface area contributed by atoms with Gasteiger partial charge < -0.3 is 19.8 Å². The van der Waals surface area contributed by atoms with Gasteiger partial charge >= 0.3 is 0 Å². The van der Waals surface area contributed by atoms with Gasteiger partial charge in [0.1, 0.15) is 5.60 Å². The summed E-state index contributed by atoms with van der Waals surface area (Å²) >= 11 is 0. The Kier molecular flexibility index (Phi) is 5.04. The molecule has 2 saturated heterocycles. The molecule has 6 heteroatoms. The maximum atomic E-state index is 11.6. The second kappa shape index (κ2) is 7.69. The summed E-state index contributed by atoms with van der Waals surface area (Å²) in [7, 11) is 0. The third-order valence-electron chi connectivity index (χ3n) is 6.97. The van der Waals surface area contributed by atoms with E-state index in [2.05, 4.69) is 39.0 Å². The predicted octanol–water partition coefficient (Wildman–Crippen LogP) is 1.85. The average molecular weight is 396 g/mol. The fourth-order valence-electron chi connectivity index (χ4n) is 5.49. The lowest BCUT2D eigenvalue weighted by molar-refractivity contribution is -0.174. The van der Waals surface area contributed by atoms with Gasteiger partial charge in [0, 0.05) is 38.1 Å². The van der Waals surface area contributed by atoms with E-state index in [1.807, 2.05) is 24.3 Å². The van der Waals surface area contributed by atoms with E-state index in [1.165, 1.54) is 5.69 Å². The van der Waals surface area contributed by atoms with E-state index < -0.39 is 11.7 Å². The van der Waals surface area contributed by atoms with E-state index in [0.29, 0.717) is 12.8 Å². The fourth-order valence-corrected chi connectivity index (χ4v) is 5.49. The zero-order valence-electron chi connectivity index (χ0n) is 16.6. The molecular formula is C23H29N3O3. The summed E-state index contributed by atoms with van der Waals surface area (Å²) in [6.07, 6.45) is 2.46. The van der Waals surface area contributed by atoms with Crippen LogP contribution in [-0.4, -0.2) is 70.6 Å². The zero-order chi connectivity index (χ0) is 19.8. The van der Waals surface area contributed by atoms with Gasteiger partial charge in [-0.2, -0.15) is 0 Å². The van der Waals surface area contributed by atoms with Gasteiger partial charge in [-0.25, -0.2) is 0 Å². The van der Waals surface area contributed by atoms with E-state index in [0.717, 1.165) is 31.9 Å². The third kappa shape index (κ3) is 3.44. The standard InChI is InChI=1S/C23H29N3O3/c27-20-14-17-15-21(19-8-4-5-9-24-19)29-16-23(17,28)22(20)26-12-10-25(11-13-26)18-6-2-1-3-7-18/h1-9,17,20-22,27-28H,10-16H2/t17-,20-,21-,22-,23-/m1/s1. The highest BCUT2D eigenvalue weighted by Crippen LogP contribution is 2.48. The summed E-state index contributed by atoms with van der Waals surface area (Å²) in [4.78, 5) is 9.06. The first-order chi connectivity index (χ1) is 14.1. The molecule has 0 radical (unpaired) electrons. The maximum absolute atomic E-state index is 11.6. The molecule has 3 fully saturated rings. The Hall–Kier alpha value is -1.99. The number of nitrogens with zero attached hydrogens (tertiary/aromatic N) is 3. The molecule has 1 saturated carbocycles. The average Bonchev–Trinajstić information content (AvgIpc) is 3.04. The largest absolute Gasteiger partial charge is 0.391 e. The Labute approximate surface area is 171 Å². The maximum Gasteiger partial charge on any atom is 0.109 e. The van der Waals surface area contributed by atoms with Gasteiger partial charge in [-0.1, -0.05) is 24.3 Å². The van der Waals surface area contributed by atoms with Crippen LogP contribution in [0.3, 0.4) is 0 Å². The summed E-state index contributed by atoms with van der Waals surface area (Å²) < 4.78 is 6.08. The number of aromatic nitrogens is 1. The van der Waals surface area contributed by atoms with E-state index in [-0.39, 0.29) is 24.7 Å². The number of hydrogen-bond donors (Lipinski definition) is 2. The van der Waals surface area contributed by atoms with Crippen molar-refractivity contribution in [2.45, 2.75) is 36.7 Å². The van der Waals surface area contributed by atoms with Crippen molar-refractivity contribution in [3.8, 4) is 0 Å². The molecule has 6 nitrogen and oxygen atoms in total. The molecular weight excluding hydrogens is 366 g/mol. The Bertz CT molecular complexity index is 813. The minimum Gasteiger partial charge on any atom is -0.391 e. The van der Waals surface area contributed by atoms with Crippen molar-refractivity contribution < 1.29 is 14.9 Å². The van der Waals surface area contributed by atoms with Crippen molar-refractivity contribution in [2.24, 2.45) is 5.92 Å². The fraction of sp³-hybridized carbons (Fsp3) is 0.522. The Morgan fingerprint density at radius 3 is 2.45 bits per heavy atom. The number of aliphatic hydroxyl groups is 2. The number of pyridine rings is 1. The molecule has 2 aromatic rings. The number of benzene rings is 1. The molecule has 1 aromatic carbocycles. The van der Waals surface area contributed by atoms with E-state index >= 15 is 0 Å². The van der Waals surface area contributed by atoms with Crippen LogP contribution in [0.5, 0.6) is 0 Å². The van der Waals surface area contributed by atoms with Crippen molar-refractivity contribution in [3.05, 3.63) is 60.4 Å². The Balaban J connectivity index is 1.27. The number of ether oxygens (including phenoxy) is 1. The summed E-state index contributed by atoms with van der Waals surface area (Å²) in [6, 6.07) is 16.0. The number of aliphatic hydroxyl groups excluding tert-OH is 1. The minimum absolute atomic E-state index is 0.0235. The van der Waals surface area contributed by atoms with Gasteiger partial charge in [0.05, 0.1) is 30.6 Å². The number of anilines is 1. The van der Waals surface area contributed by atoms with Crippen LogP contribution in [-0.2, 0) is 4.74 Å². The Morgan fingerprint density at radius 1 is 0.966 bits per heavy atom. The predicted molar refractivity (Wildman–Crippen MR) is 111 cm³/mol. The van der Waals surface area contributed by atoms with Gasteiger partial charge in [-0.3, -0.25) is 9.88 Å². The molecule has 154 valence electrons. The number of fused-ring (bicyclic) bond motifs is 1. The lowest BCUT2D eigenvalue weighted by Crippen LogP contribution is -2.63. The zero-order valence-corrected chi connectivity index (χ0v) is 16.6. The normalized spacial score (nSPS) is 35.4. The van der Waals surface area contributed by atoms with Crippen LogP contribution in [0, 0.1) is 5.92 Å². The number of para-hydroxylation sites is 1. The van der Waals surface area contributed by atoms with Gasteiger partial charge in [-0.05, 0) is 43.0 Å². The monoisotopic (exact) mass is 395 g/mol. The van der Waals surface area contributed by atoms with Crippen LogP contribution in [0.2, 0.25) is 0 Å². The molecule has 1 aromatic heterocycles. The summed E-state index contributed by atoms with van der Waals surface area (Å²) in [5, 5.41) is 22.5. The Morgan fingerprint density at radius 2 is 1.72 bits per heavy atom. The first-order valence-electron chi connectivity index (χ1n) is 10.6. The van der Waals surface area contributed by atoms with Gasteiger partial charge in [0.2, 0.25) is 0 Å². The van der Waals surface area contributed by atoms with Crippen LogP contribution in [0.4, 0.5) is 5.69 Å². The molecule has 5 rings (SSSR count). The number of piperazine rings is 1. The van der Waals surface area contributed by atoms with Crippen molar-refractivity contribution in [3.63, 3.8) is 0 Å². The highest BCUT2D eigenvalue weighted by Gasteiger charge is 2.59. The molecule has 2 N–H and O–H groups in total. The van der Waals surface area contributed by atoms with E-state index in [9.17, 15) is 10.2 Å². The van der Waals surface area contributed by atoms with Crippen LogP contribution in [0.25, 0.3) is 0 Å². The molecule has 0 bridgehead atoms. The highest BCUT2D eigenvalue weighted by molar-refractivity contribution is 5.46. The smallest absolute Gasteiger partial charge is 0.109 e. The van der Waals surface area contributed by atoms with E-state index in [4.69, 9.17) is 4.74 Å². The highest BCUT2D eigenvalue weighted by atomic mass is 16.5. The van der Waals surface area contributed by atoms with Crippen LogP contribution >= 0.6 is 0 Å². The molecule has 0 amide bonds. The van der Waals surface area contributed by atoms with Gasteiger partial charge in [-0.15, -0.1) is 0 Å². The molecule has 2 aliphatic heterocycles. The van der Waals surface area contributed by atoms with Crippen LogP contribution < -0.4 is 4.90 Å². The van der Waals surface area contributed by atoms with E-state index in [1.54, 1.807) is 6.20 Å². The first-order valence-corrected chi connectivity index (χ1v) is 10.6. The SMILES string of the molecule is O[C@@H]1C[C@@H]2C[C@H](c3ccccn3)OC[C@]2(O)[C@@H]1N1CCN(c2ccccc2)CC1. The lowest BCUT2D eigenvalue weighted by atomic mass is 9.81. The summed E-state index contributed by atoms with van der Waals surface area (Å²) in [6.45, 7) is 3.70. The van der Waals surface area contributed by atoms with Crippen molar-refractivity contribution in [2.75, 3.05) is 37.7 Å². The second-order valence-electron chi connectivity index (χ2n) is 8.58. The third-order valence-corrected chi connectivity index (χ3v) is 6.97. The molecule has 0 unspecified atom stereocenters. The number of rotatable bonds is 3. The molecule has 3 aliphatic rings. The quantitative estimate of drug-likeness (QED) is 0.827. The van der Waals surface area contributed by atoms with Crippen molar-refractivity contribution in [1.29, 1.82) is 0 Å². The van der Waals surface area contributed by atoms with Gasteiger partial charge in [0.25, 0.3) is 0 Å². The molecule has 1 aliphatic carbocycles. The second-order valence-corrected chi connectivity index (χ2v) is 8.58.